The summed E-state index contributed by atoms with van der Waals surface area (Å²) in [6, 6.07) is 6.64. The molecule has 4 heteroatoms. The van der Waals surface area contributed by atoms with E-state index in [2.05, 4.69) is 41.9 Å². The molecule has 1 N–H and O–H groups in total. The molecule has 0 aliphatic carbocycles. The van der Waals surface area contributed by atoms with Crippen LogP contribution in [0.5, 0.6) is 0 Å². The first-order valence-electron chi connectivity index (χ1n) is 7.13. The maximum Gasteiger partial charge on any atom is 0.189 e. The number of hydrogen-bond donors (Lipinski definition) is 1. The van der Waals surface area contributed by atoms with Crippen molar-refractivity contribution in [3.8, 4) is 0 Å². The topological polar surface area (TPSA) is 36.4 Å². The van der Waals surface area contributed by atoms with E-state index in [4.69, 9.17) is 5.11 Å². The lowest BCUT2D eigenvalue weighted by atomic mass is 10.1. The van der Waals surface area contributed by atoms with Gasteiger partial charge in [-0.15, -0.1) is 11.3 Å². The van der Waals surface area contributed by atoms with Crippen LogP contribution in [0, 0.1) is 6.92 Å². The Kier molecular flexibility index (Phi) is 5.56. The normalized spacial score (nSPS) is 10.8. The van der Waals surface area contributed by atoms with Crippen LogP contribution in [0.3, 0.4) is 0 Å². The SMILES string of the molecule is CCCc1ccc(N(CCCO)c2nccs2)c(C)c1. The van der Waals surface area contributed by atoms with Crippen LogP contribution in [0.1, 0.15) is 30.9 Å². The van der Waals surface area contributed by atoms with Crippen LogP contribution >= 0.6 is 11.3 Å². The summed E-state index contributed by atoms with van der Waals surface area (Å²) in [5, 5.41) is 12.1. The van der Waals surface area contributed by atoms with Gasteiger partial charge in [0, 0.05) is 30.4 Å². The van der Waals surface area contributed by atoms with E-state index in [1.165, 1.54) is 23.2 Å². The fraction of sp³-hybridized carbons (Fsp3) is 0.438. The van der Waals surface area contributed by atoms with Gasteiger partial charge in [0.15, 0.2) is 5.13 Å². The van der Waals surface area contributed by atoms with Crippen molar-refractivity contribution in [3.05, 3.63) is 40.9 Å². The maximum atomic E-state index is 9.10. The highest BCUT2D eigenvalue weighted by molar-refractivity contribution is 7.13. The molecular formula is C16H22N2OS. The van der Waals surface area contributed by atoms with Gasteiger partial charge in [0.2, 0.25) is 0 Å². The second-order valence-electron chi connectivity index (χ2n) is 4.91. The first-order chi connectivity index (χ1) is 9.76. The van der Waals surface area contributed by atoms with Crippen LogP contribution in [0.4, 0.5) is 10.8 Å². The number of anilines is 2. The highest BCUT2D eigenvalue weighted by Crippen LogP contribution is 2.30. The Morgan fingerprint density at radius 3 is 2.80 bits per heavy atom. The lowest BCUT2D eigenvalue weighted by Gasteiger charge is -2.24. The Labute approximate surface area is 124 Å². The molecule has 3 nitrogen and oxygen atoms in total. The Morgan fingerprint density at radius 2 is 2.20 bits per heavy atom. The molecule has 1 heterocycles. The van der Waals surface area contributed by atoms with Crippen molar-refractivity contribution in [2.75, 3.05) is 18.1 Å². The lowest BCUT2D eigenvalue weighted by molar-refractivity contribution is 0.291. The van der Waals surface area contributed by atoms with Crippen LogP contribution in [-0.4, -0.2) is 23.2 Å². The predicted octanol–water partition coefficient (Wildman–Crippen LogP) is 3.92. The Bertz CT molecular complexity index is 525. The van der Waals surface area contributed by atoms with Gasteiger partial charge in [-0.05, 0) is 37.0 Å². The zero-order valence-electron chi connectivity index (χ0n) is 12.2. The van der Waals surface area contributed by atoms with Crippen LogP contribution in [-0.2, 0) is 6.42 Å². The smallest absolute Gasteiger partial charge is 0.189 e. The summed E-state index contributed by atoms with van der Waals surface area (Å²) in [5.41, 5.74) is 3.84. The van der Waals surface area contributed by atoms with Gasteiger partial charge in [-0.25, -0.2) is 4.98 Å². The molecule has 0 saturated carbocycles. The fourth-order valence-electron chi connectivity index (χ4n) is 2.36. The first-order valence-corrected chi connectivity index (χ1v) is 8.01. The molecule has 0 aliphatic rings. The van der Waals surface area contributed by atoms with Gasteiger partial charge >= 0.3 is 0 Å². The van der Waals surface area contributed by atoms with Crippen molar-refractivity contribution < 1.29 is 5.11 Å². The van der Waals surface area contributed by atoms with Crippen molar-refractivity contribution in [2.24, 2.45) is 0 Å². The third kappa shape index (κ3) is 3.58. The molecule has 1 aromatic carbocycles. The molecule has 0 aliphatic heterocycles. The molecule has 0 atom stereocenters. The number of thiazole rings is 1. The molecule has 0 spiro atoms. The number of aliphatic hydroxyl groups is 1. The summed E-state index contributed by atoms with van der Waals surface area (Å²) < 4.78 is 0. The summed E-state index contributed by atoms with van der Waals surface area (Å²) in [4.78, 5) is 6.61. The number of benzene rings is 1. The molecule has 0 bridgehead atoms. The van der Waals surface area contributed by atoms with E-state index < -0.39 is 0 Å². The van der Waals surface area contributed by atoms with Crippen LogP contribution < -0.4 is 4.90 Å². The monoisotopic (exact) mass is 290 g/mol. The third-order valence-electron chi connectivity index (χ3n) is 3.28. The summed E-state index contributed by atoms with van der Waals surface area (Å²) in [6.07, 6.45) is 4.86. The van der Waals surface area contributed by atoms with Gasteiger partial charge in [0.05, 0.1) is 0 Å². The Morgan fingerprint density at radius 1 is 1.35 bits per heavy atom. The summed E-state index contributed by atoms with van der Waals surface area (Å²) in [7, 11) is 0. The molecule has 20 heavy (non-hydrogen) atoms. The number of aliphatic hydroxyl groups excluding tert-OH is 1. The average Bonchev–Trinajstić information content (AvgIpc) is 2.95. The molecule has 1 aromatic heterocycles. The van der Waals surface area contributed by atoms with Gasteiger partial charge < -0.3 is 10.0 Å². The molecule has 0 radical (unpaired) electrons. The third-order valence-corrected chi connectivity index (χ3v) is 4.08. The van der Waals surface area contributed by atoms with Gasteiger partial charge in [-0.2, -0.15) is 0 Å². The van der Waals surface area contributed by atoms with Crippen molar-refractivity contribution >= 4 is 22.2 Å². The first kappa shape index (κ1) is 15.0. The summed E-state index contributed by atoms with van der Waals surface area (Å²) in [5.74, 6) is 0. The standard InChI is InChI=1S/C16H22N2OS/c1-3-5-14-6-7-15(13(2)12-14)18(9-4-10-19)16-17-8-11-20-16/h6-8,11-12,19H,3-5,9-10H2,1-2H3. The molecule has 2 rings (SSSR count). The molecule has 0 amide bonds. The largest absolute Gasteiger partial charge is 0.396 e. The molecule has 108 valence electrons. The minimum atomic E-state index is 0.203. The molecular weight excluding hydrogens is 268 g/mol. The zero-order chi connectivity index (χ0) is 14.4. The summed E-state index contributed by atoms with van der Waals surface area (Å²) in [6.45, 7) is 5.34. The molecule has 0 saturated heterocycles. The highest BCUT2D eigenvalue weighted by atomic mass is 32.1. The van der Waals surface area contributed by atoms with Crippen molar-refractivity contribution in [2.45, 2.75) is 33.1 Å². The lowest BCUT2D eigenvalue weighted by Crippen LogP contribution is -2.20. The number of nitrogens with zero attached hydrogens (tertiary/aromatic N) is 2. The highest BCUT2D eigenvalue weighted by Gasteiger charge is 2.13. The van der Waals surface area contributed by atoms with Gasteiger partial charge in [0.1, 0.15) is 0 Å². The zero-order valence-corrected chi connectivity index (χ0v) is 13.0. The maximum absolute atomic E-state index is 9.10. The van der Waals surface area contributed by atoms with E-state index in [0.717, 1.165) is 24.5 Å². The van der Waals surface area contributed by atoms with Crippen molar-refractivity contribution in [3.63, 3.8) is 0 Å². The van der Waals surface area contributed by atoms with Gasteiger partial charge in [-0.3, -0.25) is 0 Å². The van der Waals surface area contributed by atoms with Crippen LogP contribution in [0.25, 0.3) is 0 Å². The minimum absolute atomic E-state index is 0.203. The molecule has 2 aromatic rings. The second kappa shape index (κ2) is 7.41. The molecule has 0 fully saturated rings. The Balaban J connectivity index is 2.28. The van der Waals surface area contributed by atoms with Crippen molar-refractivity contribution in [1.82, 2.24) is 4.98 Å². The van der Waals surface area contributed by atoms with Gasteiger partial charge in [-0.1, -0.05) is 25.5 Å². The Hall–Kier alpha value is -1.39. The molecule has 0 unspecified atom stereocenters. The summed E-state index contributed by atoms with van der Waals surface area (Å²) >= 11 is 1.63. The van der Waals surface area contributed by atoms with E-state index in [-0.39, 0.29) is 6.61 Å². The van der Waals surface area contributed by atoms with E-state index in [9.17, 15) is 0 Å². The predicted molar refractivity (Wildman–Crippen MR) is 86.0 cm³/mol. The van der Waals surface area contributed by atoms with E-state index in [1.54, 1.807) is 11.3 Å². The second-order valence-corrected chi connectivity index (χ2v) is 5.79. The van der Waals surface area contributed by atoms with Gasteiger partial charge in [0.25, 0.3) is 0 Å². The fourth-order valence-corrected chi connectivity index (χ4v) is 3.04. The van der Waals surface area contributed by atoms with E-state index >= 15 is 0 Å². The number of rotatable bonds is 7. The van der Waals surface area contributed by atoms with E-state index in [1.807, 2.05) is 11.6 Å². The van der Waals surface area contributed by atoms with Crippen LogP contribution in [0.15, 0.2) is 29.8 Å². The van der Waals surface area contributed by atoms with Crippen LogP contribution in [0.2, 0.25) is 0 Å². The number of aryl methyl sites for hydroxylation is 2. The number of hydrogen-bond acceptors (Lipinski definition) is 4. The average molecular weight is 290 g/mol. The van der Waals surface area contributed by atoms with Crippen molar-refractivity contribution in [1.29, 1.82) is 0 Å². The number of aromatic nitrogens is 1. The quantitative estimate of drug-likeness (QED) is 0.839. The van der Waals surface area contributed by atoms with E-state index in [0.29, 0.717) is 0 Å². The minimum Gasteiger partial charge on any atom is -0.396 e.